The van der Waals surface area contributed by atoms with Crippen LogP contribution in [0.25, 0.3) is 0 Å². The molecule has 11 heteroatoms. The summed E-state index contributed by atoms with van der Waals surface area (Å²) in [7, 11) is 1.66. The maximum Gasteiger partial charge on any atom is 0.247 e. The van der Waals surface area contributed by atoms with E-state index in [1.54, 1.807) is 7.11 Å². The molecule has 0 radical (unpaired) electrons. The highest BCUT2D eigenvalue weighted by Crippen LogP contribution is 2.41. The van der Waals surface area contributed by atoms with Gasteiger partial charge in [0.05, 0.1) is 36.8 Å². The Morgan fingerprint density at radius 1 is 0.979 bits per heavy atom. The Morgan fingerprint density at radius 2 is 1.77 bits per heavy atom. The average Bonchev–Trinajstić information content (AvgIpc) is 3.80. The molecule has 3 aliphatic heterocycles. The maximum atomic E-state index is 12.6. The van der Waals surface area contributed by atoms with Crippen molar-refractivity contribution in [3.63, 3.8) is 0 Å². The molecule has 2 N–H and O–H groups in total. The van der Waals surface area contributed by atoms with Crippen LogP contribution >= 0.6 is 0 Å². The fourth-order valence-corrected chi connectivity index (χ4v) is 7.18. The molecule has 0 spiro atoms. The second-order valence-corrected chi connectivity index (χ2v) is 13.0. The molecule has 248 valence electrons. The second kappa shape index (κ2) is 14.3. The summed E-state index contributed by atoms with van der Waals surface area (Å²) >= 11 is 0. The number of hydrogen-bond acceptors (Lipinski definition) is 10. The monoisotopic (exact) mass is 638 g/mol. The zero-order chi connectivity index (χ0) is 32.2. The van der Waals surface area contributed by atoms with Crippen molar-refractivity contribution in [3.8, 4) is 5.75 Å². The number of nitrogens with one attached hydrogen (secondary N) is 2. The Labute approximate surface area is 277 Å². The first-order valence-electron chi connectivity index (χ1n) is 17.0. The lowest BCUT2D eigenvalue weighted by atomic mass is 10.0. The summed E-state index contributed by atoms with van der Waals surface area (Å²) in [6.45, 7) is 12.1. The van der Waals surface area contributed by atoms with Crippen molar-refractivity contribution < 1.29 is 14.4 Å². The zero-order valence-electron chi connectivity index (χ0n) is 27.3. The average molecular weight is 639 g/mol. The summed E-state index contributed by atoms with van der Waals surface area (Å²) in [5.41, 5.74) is 3.50. The molecule has 1 saturated carbocycles. The van der Waals surface area contributed by atoms with Crippen molar-refractivity contribution in [3.05, 3.63) is 73.1 Å². The van der Waals surface area contributed by atoms with Crippen LogP contribution in [0.2, 0.25) is 0 Å². The van der Waals surface area contributed by atoms with Crippen molar-refractivity contribution >= 4 is 34.6 Å². The molecule has 0 bridgehead atoms. The van der Waals surface area contributed by atoms with E-state index in [0.717, 1.165) is 57.0 Å². The number of anilines is 5. The number of piperazine rings is 1. The molecule has 3 saturated heterocycles. The second-order valence-electron chi connectivity index (χ2n) is 13.0. The van der Waals surface area contributed by atoms with Crippen LogP contribution in [0, 0.1) is 5.92 Å². The molecule has 3 aromatic rings. The van der Waals surface area contributed by atoms with Crippen LogP contribution in [0.1, 0.15) is 43.7 Å². The van der Waals surface area contributed by atoms with Crippen molar-refractivity contribution in [2.75, 3.05) is 80.1 Å². The van der Waals surface area contributed by atoms with E-state index in [9.17, 15) is 4.79 Å². The van der Waals surface area contributed by atoms with Gasteiger partial charge in [0.15, 0.2) is 5.82 Å². The van der Waals surface area contributed by atoms with Gasteiger partial charge in [0.2, 0.25) is 5.91 Å². The molecule has 11 nitrogen and oxygen atoms in total. The third-order valence-electron chi connectivity index (χ3n) is 9.93. The standard InChI is InChI=1S/C36H46N8O3/c1-3-36(45)40-29-21-30(39-34-23-35(38-25-37-34)44-31(13-20-47-44)27-7-5-4-6-8-27)33(46-2)22-32(29)43-14-11-28(12-15-43)42-18-16-41(17-19-42)24-26-9-10-26/h3-8,21-23,25-26,28,31H,1,9-20,24H2,2H3,(H,40,45)(H,37,38,39)/t31-/m1/s1. The van der Waals surface area contributed by atoms with E-state index in [0.29, 0.717) is 41.4 Å². The van der Waals surface area contributed by atoms with Gasteiger partial charge in [-0.05, 0) is 49.3 Å². The minimum Gasteiger partial charge on any atom is -0.494 e. The van der Waals surface area contributed by atoms with E-state index in [-0.39, 0.29) is 11.9 Å². The Balaban J connectivity index is 1.06. The lowest BCUT2D eigenvalue weighted by Crippen LogP contribution is -2.53. The summed E-state index contributed by atoms with van der Waals surface area (Å²) in [5.74, 6) is 2.60. The number of aromatic nitrogens is 2. The SMILES string of the molecule is C=CC(=O)Nc1cc(Nc2cc(N3OCC[C@@H]3c3ccccc3)ncn2)c(OC)cc1N1CCC(N2CCN(CC3CC3)CC2)CC1. The summed E-state index contributed by atoms with van der Waals surface area (Å²) < 4.78 is 5.88. The number of amides is 1. The third kappa shape index (κ3) is 7.37. The highest BCUT2D eigenvalue weighted by atomic mass is 16.7. The van der Waals surface area contributed by atoms with Crippen LogP contribution in [-0.2, 0) is 9.63 Å². The summed E-state index contributed by atoms with van der Waals surface area (Å²) in [6.07, 6.45) is 8.71. The molecule has 47 heavy (non-hydrogen) atoms. The van der Waals surface area contributed by atoms with E-state index in [2.05, 4.69) is 54.0 Å². The van der Waals surface area contributed by atoms with Gasteiger partial charge >= 0.3 is 0 Å². The van der Waals surface area contributed by atoms with Gasteiger partial charge in [-0.3, -0.25) is 14.5 Å². The van der Waals surface area contributed by atoms with Gasteiger partial charge in [-0.1, -0.05) is 36.9 Å². The molecule has 1 aliphatic carbocycles. The Hall–Kier alpha value is -4.19. The largest absolute Gasteiger partial charge is 0.494 e. The predicted molar refractivity (Wildman–Crippen MR) is 185 cm³/mol. The Bertz CT molecular complexity index is 1530. The first-order valence-corrected chi connectivity index (χ1v) is 17.0. The number of methoxy groups -OCH3 is 1. The van der Waals surface area contributed by atoms with Crippen LogP contribution in [0.15, 0.2) is 67.5 Å². The van der Waals surface area contributed by atoms with Gasteiger partial charge in [0.25, 0.3) is 0 Å². The van der Waals surface area contributed by atoms with Gasteiger partial charge < -0.3 is 25.2 Å². The smallest absolute Gasteiger partial charge is 0.247 e. The highest BCUT2D eigenvalue weighted by Gasteiger charge is 2.32. The number of hydrogen-bond donors (Lipinski definition) is 2. The molecule has 4 aliphatic rings. The molecular weight excluding hydrogens is 592 g/mol. The van der Waals surface area contributed by atoms with Gasteiger partial charge in [0, 0.05) is 70.4 Å². The molecule has 4 heterocycles. The fraction of sp³-hybridized carbons (Fsp3) is 0.472. The molecule has 2 aromatic carbocycles. The summed E-state index contributed by atoms with van der Waals surface area (Å²) in [6, 6.07) is 16.8. The number of nitrogens with zero attached hydrogens (tertiary/aromatic N) is 6. The molecule has 1 amide bonds. The van der Waals surface area contributed by atoms with Crippen LogP contribution in [0.4, 0.5) is 28.7 Å². The molecule has 0 unspecified atom stereocenters. The topological polar surface area (TPSA) is 98.3 Å². The van der Waals surface area contributed by atoms with Crippen LogP contribution in [-0.4, -0.2) is 91.2 Å². The van der Waals surface area contributed by atoms with E-state index < -0.39 is 0 Å². The van der Waals surface area contributed by atoms with E-state index in [4.69, 9.17) is 9.57 Å². The molecular formula is C36H46N8O3. The number of ether oxygens (including phenoxy) is 1. The minimum absolute atomic E-state index is 0.0644. The quantitative estimate of drug-likeness (QED) is 0.272. The number of benzene rings is 2. The van der Waals surface area contributed by atoms with E-state index in [1.807, 2.05) is 41.5 Å². The van der Waals surface area contributed by atoms with Crippen molar-refractivity contribution in [1.29, 1.82) is 0 Å². The highest BCUT2D eigenvalue weighted by molar-refractivity contribution is 6.02. The number of carbonyl (C=O) groups excluding carboxylic acids is 1. The lowest BCUT2D eigenvalue weighted by molar-refractivity contribution is -0.111. The Morgan fingerprint density at radius 3 is 2.49 bits per heavy atom. The van der Waals surface area contributed by atoms with Gasteiger partial charge in [0.1, 0.15) is 17.9 Å². The van der Waals surface area contributed by atoms with Crippen molar-refractivity contribution in [2.24, 2.45) is 5.92 Å². The number of piperidine rings is 1. The molecule has 1 atom stereocenters. The molecule has 7 rings (SSSR count). The number of carbonyl (C=O) groups is 1. The van der Waals surface area contributed by atoms with Crippen LogP contribution in [0.3, 0.4) is 0 Å². The van der Waals surface area contributed by atoms with Crippen LogP contribution in [0.5, 0.6) is 5.75 Å². The lowest BCUT2D eigenvalue weighted by Gasteiger charge is -2.43. The number of rotatable bonds is 11. The Kier molecular flexibility index (Phi) is 9.55. The first-order chi connectivity index (χ1) is 23.1. The maximum absolute atomic E-state index is 12.6. The van der Waals surface area contributed by atoms with Crippen molar-refractivity contribution in [1.82, 2.24) is 19.8 Å². The minimum atomic E-state index is -0.260. The van der Waals surface area contributed by atoms with E-state index >= 15 is 0 Å². The molecule has 1 aromatic heterocycles. The van der Waals surface area contributed by atoms with E-state index in [1.165, 1.54) is 50.4 Å². The zero-order valence-corrected chi connectivity index (χ0v) is 27.3. The summed E-state index contributed by atoms with van der Waals surface area (Å²) in [4.78, 5) is 35.3. The van der Waals surface area contributed by atoms with Gasteiger partial charge in [-0.15, -0.1) is 0 Å². The third-order valence-corrected chi connectivity index (χ3v) is 9.93. The van der Waals surface area contributed by atoms with Crippen molar-refractivity contribution in [2.45, 2.75) is 44.2 Å². The summed E-state index contributed by atoms with van der Waals surface area (Å²) in [5, 5.41) is 8.31. The van der Waals surface area contributed by atoms with Gasteiger partial charge in [-0.25, -0.2) is 15.0 Å². The predicted octanol–water partition coefficient (Wildman–Crippen LogP) is 5.23. The van der Waals surface area contributed by atoms with Gasteiger partial charge in [-0.2, -0.15) is 0 Å². The number of hydroxylamine groups is 1. The fourth-order valence-electron chi connectivity index (χ4n) is 7.18. The van der Waals surface area contributed by atoms with Crippen LogP contribution < -0.4 is 25.3 Å². The molecule has 4 fully saturated rings. The first kappa shape index (κ1) is 31.4. The normalized spacial score (nSPS) is 21.1.